The predicted molar refractivity (Wildman–Crippen MR) is 141 cm³/mol. The second-order valence-corrected chi connectivity index (χ2v) is 10.9. The first-order valence-corrected chi connectivity index (χ1v) is 13.9. The van der Waals surface area contributed by atoms with Crippen LogP contribution in [0.15, 0.2) is 47.4 Å². The van der Waals surface area contributed by atoms with Crippen molar-refractivity contribution in [2.24, 2.45) is 0 Å². The second kappa shape index (κ2) is 11.2. The molecule has 0 saturated carbocycles. The molecule has 2 aromatic heterocycles. The number of likely N-dealkylation sites (tertiary alicyclic amines) is 1. The van der Waals surface area contributed by atoms with Gasteiger partial charge in [-0.15, -0.1) is 0 Å². The van der Waals surface area contributed by atoms with Crippen molar-refractivity contribution in [3.63, 3.8) is 0 Å². The van der Waals surface area contributed by atoms with Crippen LogP contribution in [0.25, 0.3) is 22.4 Å². The highest BCUT2D eigenvalue weighted by atomic mass is 32.2. The van der Waals surface area contributed by atoms with Gasteiger partial charge in [0.15, 0.2) is 11.5 Å². The molecule has 1 fully saturated rings. The summed E-state index contributed by atoms with van der Waals surface area (Å²) in [7, 11) is -2.65. The van der Waals surface area contributed by atoms with Crippen LogP contribution in [0.2, 0.25) is 0 Å². The molecule has 206 valence electrons. The monoisotopic (exact) mass is 558 g/mol. The average molecular weight is 559 g/mol. The molecule has 0 spiro atoms. The van der Waals surface area contributed by atoms with Gasteiger partial charge in [-0.25, -0.2) is 22.2 Å². The smallest absolute Gasteiger partial charge is 0.264 e. The summed E-state index contributed by atoms with van der Waals surface area (Å²) in [6.45, 7) is 5.23. The van der Waals surface area contributed by atoms with Crippen LogP contribution in [-0.4, -0.2) is 72.9 Å². The lowest BCUT2D eigenvalue weighted by Gasteiger charge is -2.31. The fourth-order valence-electron chi connectivity index (χ4n) is 4.46. The van der Waals surface area contributed by atoms with Gasteiger partial charge in [0.1, 0.15) is 28.0 Å². The minimum Gasteiger partial charge on any atom is -0.474 e. The highest BCUT2D eigenvalue weighted by Crippen LogP contribution is 2.30. The Bertz CT molecular complexity index is 1570. The molecule has 13 heteroatoms. The van der Waals surface area contributed by atoms with E-state index in [2.05, 4.69) is 29.8 Å². The summed E-state index contributed by atoms with van der Waals surface area (Å²) in [6, 6.07) is 8.49. The molecule has 0 radical (unpaired) electrons. The van der Waals surface area contributed by atoms with Gasteiger partial charge in [0.05, 0.1) is 12.3 Å². The number of hydrogen-bond acceptors (Lipinski definition) is 8. The Morgan fingerprint density at radius 1 is 1.10 bits per heavy atom. The van der Waals surface area contributed by atoms with E-state index in [0.717, 1.165) is 50.3 Å². The molecule has 1 aliphatic heterocycles. The highest BCUT2D eigenvalue weighted by molar-refractivity contribution is 7.92. The van der Waals surface area contributed by atoms with Crippen molar-refractivity contribution in [1.82, 2.24) is 25.1 Å². The Hall–Kier alpha value is -3.68. The van der Waals surface area contributed by atoms with Crippen LogP contribution >= 0.6 is 0 Å². The van der Waals surface area contributed by atoms with Crippen molar-refractivity contribution in [3.8, 4) is 17.3 Å². The van der Waals surface area contributed by atoms with Crippen molar-refractivity contribution in [1.29, 1.82) is 0 Å². The van der Waals surface area contributed by atoms with Gasteiger partial charge in [0.2, 0.25) is 5.88 Å². The molecule has 2 N–H and O–H groups in total. The minimum absolute atomic E-state index is 0.0101. The molecule has 3 heterocycles. The fraction of sp³-hybridized carbons (Fsp3) is 0.346. The Morgan fingerprint density at radius 3 is 2.56 bits per heavy atom. The molecule has 0 unspecified atom stereocenters. The summed E-state index contributed by atoms with van der Waals surface area (Å²) in [5.41, 5.74) is 2.01. The zero-order chi connectivity index (χ0) is 27.6. The van der Waals surface area contributed by atoms with Crippen molar-refractivity contribution < 1.29 is 26.7 Å². The maximum atomic E-state index is 14.0. The number of benzene rings is 2. The molecule has 4 aromatic rings. The van der Waals surface area contributed by atoms with Crippen LogP contribution in [0.3, 0.4) is 0 Å². The first-order valence-electron chi connectivity index (χ1n) is 12.4. The van der Waals surface area contributed by atoms with E-state index in [1.54, 1.807) is 19.2 Å². The molecule has 0 amide bonds. The van der Waals surface area contributed by atoms with Gasteiger partial charge in [-0.1, -0.05) is 0 Å². The number of nitrogens with one attached hydrogen (secondary N) is 2. The zero-order valence-electron chi connectivity index (χ0n) is 21.4. The lowest BCUT2D eigenvalue weighted by atomic mass is 10.1. The molecule has 2 aromatic carbocycles. The SMILES string of the molecule is COCCN1CCC(Oc2nc(-c3ccc(NS(=O)(=O)c4cc(F)ccc4F)cc3)nc3[nH]nc(C)c23)CC1. The quantitative estimate of drug-likeness (QED) is 0.317. The number of aromatic amines is 1. The summed E-state index contributed by atoms with van der Waals surface area (Å²) in [5, 5.41) is 7.89. The van der Waals surface area contributed by atoms with Crippen molar-refractivity contribution in [3.05, 3.63) is 59.8 Å². The molecule has 1 aliphatic rings. The number of fused-ring (bicyclic) bond motifs is 1. The lowest BCUT2D eigenvalue weighted by Crippen LogP contribution is -2.39. The van der Waals surface area contributed by atoms with Crippen molar-refractivity contribution >= 4 is 26.7 Å². The average Bonchev–Trinajstić information content (AvgIpc) is 3.30. The van der Waals surface area contributed by atoms with Gasteiger partial charge in [0, 0.05) is 38.0 Å². The summed E-state index contributed by atoms with van der Waals surface area (Å²) in [6.07, 6.45) is 1.69. The zero-order valence-corrected chi connectivity index (χ0v) is 22.3. The topological polar surface area (TPSA) is 122 Å². The van der Waals surface area contributed by atoms with Crippen LogP contribution in [-0.2, 0) is 14.8 Å². The number of aryl methyl sites for hydroxylation is 1. The van der Waals surface area contributed by atoms with Crippen LogP contribution < -0.4 is 9.46 Å². The Balaban J connectivity index is 1.36. The van der Waals surface area contributed by atoms with Gasteiger partial charge in [-0.3, -0.25) is 9.82 Å². The predicted octanol–water partition coefficient (Wildman–Crippen LogP) is 3.90. The first kappa shape index (κ1) is 26.9. The van der Waals surface area contributed by atoms with Crippen LogP contribution in [0, 0.1) is 18.6 Å². The second-order valence-electron chi connectivity index (χ2n) is 9.29. The van der Waals surface area contributed by atoms with Crippen LogP contribution in [0.4, 0.5) is 14.5 Å². The molecule has 10 nitrogen and oxygen atoms in total. The van der Waals surface area contributed by atoms with Crippen molar-refractivity contribution in [2.75, 3.05) is 38.1 Å². The number of ether oxygens (including phenoxy) is 2. The van der Waals surface area contributed by atoms with E-state index in [4.69, 9.17) is 9.47 Å². The third-order valence-electron chi connectivity index (χ3n) is 6.57. The third kappa shape index (κ3) is 6.00. The van der Waals surface area contributed by atoms with E-state index in [9.17, 15) is 17.2 Å². The number of nitrogens with zero attached hydrogens (tertiary/aromatic N) is 4. The summed E-state index contributed by atoms with van der Waals surface area (Å²) in [5.74, 6) is -1.11. The van der Waals surface area contributed by atoms with Gasteiger partial charge in [-0.2, -0.15) is 10.1 Å². The van der Waals surface area contributed by atoms with Crippen LogP contribution in [0.5, 0.6) is 5.88 Å². The largest absolute Gasteiger partial charge is 0.474 e. The Morgan fingerprint density at radius 2 is 1.85 bits per heavy atom. The molecule has 0 bridgehead atoms. The number of anilines is 1. The number of hydrogen-bond donors (Lipinski definition) is 2. The normalized spacial score (nSPS) is 15.1. The first-order chi connectivity index (χ1) is 18.7. The van der Waals surface area contributed by atoms with E-state index < -0.39 is 26.6 Å². The lowest BCUT2D eigenvalue weighted by molar-refractivity contribution is 0.0782. The van der Waals surface area contributed by atoms with Gasteiger partial charge >= 0.3 is 0 Å². The van der Waals surface area contributed by atoms with E-state index in [0.29, 0.717) is 41.0 Å². The van der Waals surface area contributed by atoms with E-state index in [1.807, 2.05) is 6.92 Å². The van der Waals surface area contributed by atoms with E-state index >= 15 is 0 Å². The number of sulfonamides is 1. The van der Waals surface area contributed by atoms with E-state index in [1.165, 1.54) is 12.1 Å². The minimum atomic E-state index is -4.34. The van der Waals surface area contributed by atoms with Gasteiger partial charge < -0.3 is 14.4 Å². The molecule has 0 aliphatic carbocycles. The number of piperidine rings is 1. The maximum absolute atomic E-state index is 14.0. The molecule has 5 rings (SSSR count). The Kier molecular flexibility index (Phi) is 7.73. The number of H-pyrrole nitrogens is 1. The van der Waals surface area contributed by atoms with Crippen molar-refractivity contribution in [2.45, 2.75) is 30.8 Å². The highest BCUT2D eigenvalue weighted by Gasteiger charge is 2.24. The molecule has 39 heavy (non-hydrogen) atoms. The number of methoxy groups -OCH3 is 1. The number of aromatic nitrogens is 4. The molecule has 0 atom stereocenters. The molecule has 1 saturated heterocycles. The van der Waals surface area contributed by atoms with Gasteiger partial charge in [-0.05, 0) is 62.2 Å². The third-order valence-corrected chi connectivity index (χ3v) is 7.97. The summed E-state index contributed by atoms with van der Waals surface area (Å²) in [4.78, 5) is 10.8. The fourth-order valence-corrected chi connectivity index (χ4v) is 5.61. The molecular formula is C26H28F2N6O4S. The summed E-state index contributed by atoms with van der Waals surface area (Å²) >= 11 is 0. The number of halogens is 2. The van der Waals surface area contributed by atoms with Crippen LogP contribution in [0.1, 0.15) is 18.5 Å². The number of rotatable bonds is 9. The standard InChI is InChI=1S/C26H28F2N6O4S/c1-16-23-25(32-31-16)29-24(30-26(23)38-20-9-11-34(12-10-20)13-14-37-2)17-3-6-19(7-4-17)33-39(35,36)22-15-18(27)5-8-21(22)28/h3-8,15,20,33H,9-14H2,1-2H3,(H,29,30,31,32). The molecular weight excluding hydrogens is 530 g/mol. The summed E-state index contributed by atoms with van der Waals surface area (Å²) < 4.78 is 66.5. The maximum Gasteiger partial charge on any atom is 0.264 e. The Labute approximate surface area is 224 Å². The van der Waals surface area contributed by atoms with Gasteiger partial charge in [0.25, 0.3) is 10.0 Å². The van der Waals surface area contributed by atoms with E-state index in [-0.39, 0.29) is 11.8 Å².